The van der Waals surface area contributed by atoms with E-state index in [1.165, 1.54) is 0 Å². The van der Waals surface area contributed by atoms with Gasteiger partial charge in [-0.05, 0) is 32.6 Å². The van der Waals surface area contributed by atoms with E-state index < -0.39 is 5.54 Å². The number of urea groups is 1. The number of thiazole rings is 1. The first-order chi connectivity index (χ1) is 8.49. The zero-order valence-electron chi connectivity index (χ0n) is 11.3. The van der Waals surface area contributed by atoms with E-state index in [1.54, 1.807) is 17.5 Å². The van der Waals surface area contributed by atoms with Crippen molar-refractivity contribution in [3.8, 4) is 0 Å². The predicted octanol–water partition coefficient (Wildman–Crippen LogP) is 2.82. The molecule has 18 heavy (non-hydrogen) atoms. The molecule has 1 aliphatic heterocycles. The van der Waals surface area contributed by atoms with Crippen LogP contribution in [0.4, 0.5) is 4.79 Å². The lowest BCUT2D eigenvalue weighted by molar-refractivity contribution is 0.164. The minimum absolute atomic E-state index is 0.0297. The van der Waals surface area contributed by atoms with E-state index >= 15 is 0 Å². The standard InChI is InChI=1S/C13H21N3OS/c1-10-4-7-16(8-5-10)12(17)15-13(2,3)11-14-6-9-18-11/h6,9-10H,4-5,7-8H2,1-3H3,(H,15,17). The van der Waals surface area contributed by atoms with Crippen LogP contribution in [0.2, 0.25) is 0 Å². The molecule has 0 unspecified atom stereocenters. The van der Waals surface area contributed by atoms with Gasteiger partial charge < -0.3 is 10.2 Å². The molecule has 0 atom stereocenters. The second-order valence-corrected chi connectivity index (χ2v) is 6.46. The van der Waals surface area contributed by atoms with Crippen molar-refractivity contribution in [2.75, 3.05) is 13.1 Å². The number of carbonyl (C=O) groups is 1. The van der Waals surface area contributed by atoms with Crippen molar-refractivity contribution in [3.05, 3.63) is 16.6 Å². The van der Waals surface area contributed by atoms with E-state index in [0.717, 1.165) is 36.9 Å². The Kier molecular flexibility index (Phi) is 3.90. The third kappa shape index (κ3) is 3.02. The van der Waals surface area contributed by atoms with Gasteiger partial charge in [0.2, 0.25) is 0 Å². The SMILES string of the molecule is CC1CCN(C(=O)NC(C)(C)c2nccs2)CC1. The highest BCUT2D eigenvalue weighted by atomic mass is 32.1. The number of carbonyl (C=O) groups excluding carboxylic acids is 1. The van der Waals surface area contributed by atoms with Gasteiger partial charge in [0.25, 0.3) is 0 Å². The number of nitrogens with zero attached hydrogens (tertiary/aromatic N) is 2. The molecule has 1 saturated heterocycles. The molecular weight excluding hydrogens is 246 g/mol. The fourth-order valence-corrected chi connectivity index (χ4v) is 2.86. The molecule has 0 bridgehead atoms. The zero-order chi connectivity index (χ0) is 13.2. The third-order valence-corrected chi connectivity index (χ3v) is 4.55. The Hall–Kier alpha value is -1.10. The number of nitrogens with one attached hydrogen (secondary N) is 1. The summed E-state index contributed by atoms with van der Waals surface area (Å²) < 4.78 is 0. The Morgan fingerprint density at radius 1 is 1.50 bits per heavy atom. The Morgan fingerprint density at radius 3 is 2.72 bits per heavy atom. The van der Waals surface area contributed by atoms with Crippen molar-refractivity contribution < 1.29 is 4.79 Å². The average molecular weight is 267 g/mol. The van der Waals surface area contributed by atoms with E-state index in [0.29, 0.717) is 0 Å². The van der Waals surface area contributed by atoms with Crippen molar-refractivity contribution in [2.24, 2.45) is 5.92 Å². The summed E-state index contributed by atoms with van der Waals surface area (Å²) in [6.45, 7) is 7.96. The van der Waals surface area contributed by atoms with Crippen molar-refractivity contribution >= 4 is 17.4 Å². The van der Waals surface area contributed by atoms with Crippen molar-refractivity contribution in [1.82, 2.24) is 15.2 Å². The van der Waals surface area contributed by atoms with Crippen LogP contribution in [0, 0.1) is 5.92 Å². The Morgan fingerprint density at radius 2 is 2.17 bits per heavy atom. The van der Waals surface area contributed by atoms with Gasteiger partial charge in [-0.2, -0.15) is 0 Å². The first-order valence-electron chi connectivity index (χ1n) is 6.46. The topological polar surface area (TPSA) is 45.2 Å². The van der Waals surface area contributed by atoms with Gasteiger partial charge in [-0.1, -0.05) is 6.92 Å². The van der Waals surface area contributed by atoms with Crippen LogP contribution in [0.25, 0.3) is 0 Å². The minimum atomic E-state index is -0.395. The quantitative estimate of drug-likeness (QED) is 0.895. The molecule has 0 aliphatic carbocycles. The normalized spacial score (nSPS) is 17.8. The fourth-order valence-electron chi connectivity index (χ4n) is 2.14. The van der Waals surface area contributed by atoms with Gasteiger partial charge in [0.05, 0.1) is 5.54 Å². The molecule has 1 aliphatic rings. The maximum atomic E-state index is 12.2. The Bertz CT molecular complexity index is 394. The van der Waals surface area contributed by atoms with E-state index in [4.69, 9.17) is 0 Å². The van der Waals surface area contributed by atoms with E-state index in [9.17, 15) is 4.79 Å². The second kappa shape index (κ2) is 5.26. The molecule has 1 N–H and O–H groups in total. The smallest absolute Gasteiger partial charge is 0.318 e. The first-order valence-corrected chi connectivity index (χ1v) is 7.34. The highest BCUT2D eigenvalue weighted by Gasteiger charge is 2.29. The number of piperidine rings is 1. The van der Waals surface area contributed by atoms with Crippen LogP contribution < -0.4 is 5.32 Å². The van der Waals surface area contributed by atoms with Crippen LogP contribution in [0.3, 0.4) is 0 Å². The van der Waals surface area contributed by atoms with E-state index in [2.05, 4.69) is 17.2 Å². The molecular formula is C13H21N3OS. The summed E-state index contributed by atoms with van der Waals surface area (Å²) in [4.78, 5) is 18.4. The molecule has 1 aromatic rings. The van der Waals surface area contributed by atoms with Crippen LogP contribution >= 0.6 is 11.3 Å². The van der Waals surface area contributed by atoms with Gasteiger partial charge in [-0.25, -0.2) is 9.78 Å². The molecule has 1 aromatic heterocycles. The van der Waals surface area contributed by atoms with Gasteiger partial charge in [0.15, 0.2) is 0 Å². The molecule has 2 heterocycles. The monoisotopic (exact) mass is 267 g/mol. The summed E-state index contributed by atoms with van der Waals surface area (Å²) in [5, 5.41) is 5.96. The molecule has 2 amide bonds. The van der Waals surface area contributed by atoms with Crippen LogP contribution in [0.1, 0.15) is 38.6 Å². The van der Waals surface area contributed by atoms with Gasteiger partial charge in [-0.15, -0.1) is 11.3 Å². The average Bonchev–Trinajstić information content (AvgIpc) is 2.83. The van der Waals surface area contributed by atoms with Gasteiger partial charge >= 0.3 is 6.03 Å². The highest BCUT2D eigenvalue weighted by Crippen LogP contribution is 2.23. The van der Waals surface area contributed by atoms with Crippen molar-refractivity contribution in [1.29, 1.82) is 0 Å². The molecule has 4 nitrogen and oxygen atoms in total. The predicted molar refractivity (Wildman–Crippen MR) is 73.6 cm³/mol. The lowest BCUT2D eigenvalue weighted by Crippen LogP contribution is -2.50. The molecule has 1 fully saturated rings. The third-order valence-electron chi connectivity index (χ3n) is 3.46. The lowest BCUT2D eigenvalue weighted by Gasteiger charge is -2.33. The molecule has 0 saturated carbocycles. The van der Waals surface area contributed by atoms with Gasteiger partial charge in [0.1, 0.15) is 5.01 Å². The van der Waals surface area contributed by atoms with Crippen LogP contribution in [-0.4, -0.2) is 29.0 Å². The van der Waals surface area contributed by atoms with Crippen molar-refractivity contribution in [3.63, 3.8) is 0 Å². The highest BCUT2D eigenvalue weighted by molar-refractivity contribution is 7.09. The maximum absolute atomic E-state index is 12.2. The van der Waals surface area contributed by atoms with E-state index in [-0.39, 0.29) is 6.03 Å². The molecule has 0 spiro atoms. The lowest BCUT2D eigenvalue weighted by atomic mass is 9.99. The number of rotatable bonds is 2. The number of aromatic nitrogens is 1. The van der Waals surface area contributed by atoms with Crippen molar-refractivity contribution in [2.45, 2.75) is 39.2 Å². The molecule has 0 radical (unpaired) electrons. The van der Waals surface area contributed by atoms with Crippen LogP contribution in [0.15, 0.2) is 11.6 Å². The van der Waals surface area contributed by atoms with E-state index in [1.807, 2.05) is 24.1 Å². The number of likely N-dealkylation sites (tertiary alicyclic amines) is 1. The van der Waals surface area contributed by atoms with Gasteiger partial charge in [-0.3, -0.25) is 0 Å². The molecule has 100 valence electrons. The minimum Gasteiger partial charge on any atom is -0.327 e. The number of amides is 2. The molecule has 5 heteroatoms. The first kappa shape index (κ1) is 13.3. The van der Waals surface area contributed by atoms with Crippen LogP contribution in [0.5, 0.6) is 0 Å². The summed E-state index contributed by atoms with van der Waals surface area (Å²) in [5.74, 6) is 0.737. The Balaban J connectivity index is 1.95. The van der Waals surface area contributed by atoms with Gasteiger partial charge in [0, 0.05) is 24.7 Å². The second-order valence-electron chi connectivity index (χ2n) is 5.56. The number of hydrogen-bond acceptors (Lipinski definition) is 3. The summed E-state index contributed by atoms with van der Waals surface area (Å²) in [6, 6.07) is 0.0297. The maximum Gasteiger partial charge on any atom is 0.318 e. The van der Waals surface area contributed by atoms with Crippen LogP contribution in [-0.2, 0) is 5.54 Å². The summed E-state index contributed by atoms with van der Waals surface area (Å²) in [5.41, 5.74) is -0.395. The molecule has 2 rings (SSSR count). The molecule has 0 aromatic carbocycles. The zero-order valence-corrected chi connectivity index (χ0v) is 12.1. The largest absolute Gasteiger partial charge is 0.327 e. The summed E-state index contributed by atoms with van der Waals surface area (Å²) in [7, 11) is 0. The summed E-state index contributed by atoms with van der Waals surface area (Å²) in [6.07, 6.45) is 3.98. The number of hydrogen-bond donors (Lipinski definition) is 1. The fraction of sp³-hybridized carbons (Fsp3) is 0.692. The summed E-state index contributed by atoms with van der Waals surface area (Å²) >= 11 is 1.57. The Labute approximate surface area is 112 Å².